The Kier molecular flexibility index (Phi) is 4.37. The van der Waals surface area contributed by atoms with Crippen LogP contribution in [0.5, 0.6) is 0 Å². The number of halogens is 1. The van der Waals surface area contributed by atoms with Crippen molar-refractivity contribution < 1.29 is 9.18 Å². The van der Waals surface area contributed by atoms with Gasteiger partial charge in [0.25, 0.3) is 5.91 Å². The summed E-state index contributed by atoms with van der Waals surface area (Å²) >= 11 is 0. The van der Waals surface area contributed by atoms with Crippen LogP contribution < -0.4 is 5.32 Å². The SMILES string of the molecule is Cc1c(C(=O)N[C@H](C)c2ccc(F)cc2)cnn1-c1ccccn1. The molecule has 0 aliphatic heterocycles. The number of rotatable bonds is 4. The van der Waals surface area contributed by atoms with E-state index in [4.69, 9.17) is 0 Å². The summed E-state index contributed by atoms with van der Waals surface area (Å²) in [6, 6.07) is 11.3. The smallest absolute Gasteiger partial charge is 0.255 e. The van der Waals surface area contributed by atoms with Gasteiger partial charge in [-0.1, -0.05) is 18.2 Å². The molecule has 0 radical (unpaired) electrons. The third kappa shape index (κ3) is 3.17. The van der Waals surface area contributed by atoms with E-state index in [1.54, 1.807) is 23.0 Å². The van der Waals surface area contributed by atoms with E-state index in [1.165, 1.54) is 18.3 Å². The van der Waals surface area contributed by atoms with Crippen LogP contribution in [0.3, 0.4) is 0 Å². The zero-order valence-corrected chi connectivity index (χ0v) is 13.4. The number of benzene rings is 1. The van der Waals surface area contributed by atoms with E-state index in [0.29, 0.717) is 17.1 Å². The van der Waals surface area contributed by atoms with Crippen LogP contribution in [0.2, 0.25) is 0 Å². The van der Waals surface area contributed by atoms with Crippen molar-refractivity contribution in [2.45, 2.75) is 19.9 Å². The van der Waals surface area contributed by atoms with Crippen molar-refractivity contribution >= 4 is 5.91 Å². The first-order valence-corrected chi connectivity index (χ1v) is 7.58. The number of hydrogen-bond acceptors (Lipinski definition) is 3. The molecule has 0 bridgehead atoms. The number of hydrogen-bond donors (Lipinski definition) is 1. The van der Waals surface area contributed by atoms with E-state index in [0.717, 1.165) is 5.56 Å². The van der Waals surface area contributed by atoms with Crippen molar-refractivity contribution in [3.8, 4) is 5.82 Å². The second kappa shape index (κ2) is 6.62. The van der Waals surface area contributed by atoms with Gasteiger partial charge in [0.15, 0.2) is 5.82 Å². The molecule has 0 saturated heterocycles. The lowest BCUT2D eigenvalue weighted by Crippen LogP contribution is -2.27. The molecule has 1 N–H and O–H groups in total. The van der Waals surface area contributed by atoms with Gasteiger partial charge in [-0.3, -0.25) is 4.79 Å². The molecule has 3 aromatic rings. The van der Waals surface area contributed by atoms with E-state index in [1.807, 2.05) is 32.0 Å². The van der Waals surface area contributed by atoms with Gasteiger partial charge >= 0.3 is 0 Å². The maximum absolute atomic E-state index is 13.0. The zero-order valence-electron chi connectivity index (χ0n) is 13.4. The summed E-state index contributed by atoms with van der Waals surface area (Å²) in [5.74, 6) is 0.122. The number of nitrogens with zero attached hydrogens (tertiary/aromatic N) is 3. The highest BCUT2D eigenvalue weighted by Gasteiger charge is 2.18. The monoisotopic (exact) mass is 324 g/mol. The Bertz CT molecular complexity index is 843. The maximum Gasteiger partial charge on any atom is 0.255 e. The van der Waals surface area contributed by atoms with Crippen molar-refractivity contribution in [1.29, 1.82) is 0 Å². The fourth-order valence-corrected chi connectivity index (χ4v) is 2.45. The highest BCUT2D eigenvalue weighted by Crippen LogP contribution is 2.16. The second-order valence-corrected chi connectivity index (χ2v) is 5.49. The number of pyridine rings is 1. The minimum absolute atomic E-state index is 0.230. The Balaban J connectivity index is 1.78. The predicted octanol–water partition coefficient (Wildman–Crippen LogP) is 3.21. The molecule has 1 atom stereocenters. The van der Waals surface area contributed by atoms with Crippen LogP contribution >= 0.6 is 0 Å². The molecule has 2 aromatic heterocycles. The first-order chi connectivity index (χ1) is 11.6. The first kappa shape index (κ1) is 15.9. The molecule has 24 heavy (non-hydrogen) atoms. The molecule has 5 nitrogen and oxygen atoms in total. The van der Waals surface area contributed by atoms with Gasteiger partial charge in [-0.15, -0.1) is 0 Å². The van der Waals surface area contributed by atoms with E-state index in [2.05, 4.69) is 15.4 Å². The van der Waals surface area contributed by atoms with Crippen LogP contribution in [0.1, 0.15) is 34.6 Å². The maximum atomic E-state index is 13.0. The van der Waals surface area contributed by atoms with Gasteiger partial charge < -0.3 is 5.32 Å². The fourth-order valence-electron chi connectivity index (χ4n) is 2.45. The van der Waals surface area contributed by atoms with Gasteiger partial charge in [-0.05, 0) is 43.7 Å². The summed E-state index contributed by atoms with van der Waals surface area (Å²) in [5, 5.41) is 7.14. The molecular weight excluding hydrogens is 307 g/mol. The van der Waals surface area contributed by atoms with Crippen LogP contribution in [0, 0.1) is 12.7 Å². The zero-order chi connectivity index (χ0) is 17.1. The highest BCUT2D eigenvalue weighted by molar-refractivity contribution is 5.95. The van der Waals surface area contributed by atoms with Gasteiger partial charge in [-0.2, -0.15) is 5.10 Å². The van der Waals surface area contributed by atoms with Gasteiger partial charge in [0, 0.05) is 6.20 Å². The number of carbonyl (C=O) groups excluding carboxylic acids is 1. The number of nitrogens with one attached hydrogen (secondary N) is 1. The van der Waals surface area contributed by atoms with Gasteiger partial charge in [0.05, 0.1) is 23.5 Å². The quantitative estimate of drug-likeness (QED) is 0.802. The molecule has 1 amide bonds. The highest BCUT2D eigenvalue weighted by atomic mass is 19.1. The summed E-state index contributed by atoms with van der Waals surface area (Å²) in [6.07, 6.45) is 3.20. The summed E-state index contributed by atoms with van der Waals surface area (Å²) in [4.78, 5) is 16.7. The average molecular weight is 324 g/mol. The summed E-state index contributed by atoms with van der Waals surface area (Å²) in [5.41, 5.74) is 2.02. The standard InChI is InChI=1S/C18H17FN4O/c1-12(14-6-8-15(19)9-7-14)22-18(24)16-11-21-23(13(16)2)17-5-3-4-10-20-17/h3-12H,1-2H3,(H,22,24)/t12-/m1/s1. The molecule has 0 aliphatic rings. The van der Waals surface area contributed by atoms with Crippen molar-refractivity contribution in [3.05, 3.63) is 77.5 Å². The minimum atomic E-state index is -0.301. The second-order valence-electron chi connectivity index (χ2n) is 5.49. The van der Waals surface area contributed by atoms with Gasteiger partial charge in [0.1, 0.15) is 5.82 Å². The normalized spacial score (nSPS) is 12.0. The molecule has 2 heterocycles. The van der Waals surface area contributed by atoms with Crippen LogP contribution in [-0.4, -0.2) is 20.7 Å². The first-order valence-electron chi connectivity index (χ1n) is 7.58. The van der Waals surface area contributed by atoms with Gasteiger partial charge in [0.2, 0.25) is 0 Å². The van der Waals surface area contributed by atoms with E-state index in [-0.39, 0.29) is 17.8 Å². The van der Waals surface area contributed by atoms with E-state index < -0.39 is 0 Å². The minimum Gasteiger partial charge on any atom is -0.345 e. The molecule has 0 saturated carbocycles. The molecule has 122 valence electrons. The molecule has 0 spiro atoms. The van der Waals surface area contributed by atoms with E-state index in [9.17, 15) is 9.18 Å². The van der Waals surface area contributed by atoms with Crippen LogP contribution in [-0.2, 0) is 0 Å². The molecular formula is C18H17FN4O. The Morgan fingerprint density at radius 3 is 2.62 bits per heavy atom. The third-order valence-corrected chi connectivity index (χ3v) is 3.84. The molecule has 1 aromatic carbocycles. The molecule has 6 heteroatoms. The topological polar surface area (TPSA) is 59.8 Å². The lowest BCUT2D eigenvalue weighted by molar-refractivity contribution is 0.0939. The van der Waals surface area contributed by atoms with Crippen molar-refractivity contribution in [2.75, 3.05) is 0 Å². The Morgan fingerprint density at radius 2 is 1.96 bits per heavy atom. The van der Waals surface area contributed by atoms with Crippen molar-refractivity contribution in [3.63, 3.8) is 0 Å². The third-order valence-electron chi connectivity index (χ3n) is 3.84. The molecule has 0 unspecified atom stereocenters. The number of carbonyl (C=O) groups is 1. The average Bonchev–Trinajstić information content (AvgIpc) is 2.98. The fraction of sp³-hybridized carbons (Fsp3) is 0.167. The number of aromatic nitrogens is 3. The van der Waals surface area contributed by atoms with Crippen LogP contribution in [0.25, 0.3) is 5.82 Å². The van der Waals surface area contributed by atoms with Crippen LogP contribution in [0.15, 0.2) is 54.9 Å². The van der Waals surface area contributed by atoms with Crippen molar-refractivity contribution in [2.24, 2.45) is 0 Å². The largest absolute Gasteiger partial charge is 0.345 e. The van der Waals surface area contributed by atoms with Crippen molar-refractivity contribution in [1.82, 2.24) is 20.1 Å². The Labute approximate surface area is 139 Å². The van der Waals surface area contributed by atoms with Gasteiger partial charge in [-0.25, -0.2) is 14.1 Å². The molecule has 0 fully saturated rings. The summed E-state index contributed by atoms with van der Waals surface area (Å²) in [7, 11) is 0. The Morgan fingerprint density at radius 1 is 1.21 bits per heavy atom. The number of amides is 1. The predicted molar refractivity (Wildman–Crippen MR) is 88.4 cm³/mol. The summed E-state index contributed by atoms with van der Waals surface area (Å²) < 4.78 is 14.6. The lowest BCUT2D eigenvalue weighted by Gasteiger charge is -2.14. The summed E-state index contributed by atoms with van der Waals surface area (Å²) in [6.45, 7) is 3.67. The Hall–Kier alpha value is -3.02. The molecule has 3 rings (SSSR count). The van der Waals surface area contributed by atoms with E-state index >= 15 is 0 Å². The van der Waals surface area contributed by atoms with Crippen LogP contribution in [0.4, 0.5) is 4.39 Å². The lowest BCUT2D eigenvalue weighted by atomic mass is 10.1. The molecule has 0 aliphatic carbocycles.